The molecule has 5 nitrogen and oxygen atoms in total. The lowest BCUT2D eigenvalue weighted by molar-refractivity contribution is -0.115. The summed E-state index contributed by atoms with van der Waals surface area (Å²) in [6, 6.07) is 16.6. The van der Waals surface area contributed by atoms with E-state index in [1.54, 1.807) is 13.1 Å². The van der Waals surface area contributed by atoms with Gasteiger partial charge in [0.05, 0.1) is 10.9 Å². The Bertz CT molecular complexity index is 922. The number of rotatable bonds is 5. The number of benzene rings is 2. The van der Waals surface area contributed by atoms with Gasteiger partial charge in [0.25, 0.3) is 5.56 Å². The minimum absolute atomic E-state index is 0.0560. The zero-order valence-corrected chi connectivity index (χ0v) is 14.0. The van der Waals surface area contributed by atoms with E-state index >= 15 is 0 Å². The highest BCUT2D eigenvalue weighted by atomic mass is 32.2. The Hall–Kier alpha value is -2.60. The van der Waals surface area contributed by atoms with Gasteiger partial charge in [-0.15, -0.1) is 0 Å². The molecule has 3 aromatic rings. The highest BCUT2D eigenvalue weighted by molar-refractivity contribution is 7.99. The van der Waals surface area contributed by atoms with Crippen molar-refractivity contribution in [2.24, 2.45) is 7.05 Å². The molecule has 1 N–H and O–H groups in total. The Labute approximate surface area is 143 Å². The van der Waals surface area contributed by atoms with E-state index < -0.39 is 0 Å². The summed E-state index contributed by atoms with van der Waals surface area (Å²) in [4.78, 5) is 28.8. The van der Waals surface area contributed by atoms with Gasteiger partial charge in [0.1, 0.15) is 0 Å². The molecule has 0 aliphatic carbocycles. The first-order valence-corrected chi connectivity index (χ1v) is 8.57. The van der Waals surface area contributed by atoms with E-state index in [-0.39, 0.29) is 11.5 Å². The SMILES string of the molecule is Cn1c(SCCC(=O)Nc2ccccc2)nc2ccccc2c1=O. The summed E-state index contributed by atoms with van der Waals surface area (Å²) < 4.78 is 1.53. The summed E-state index contributed by atoms with van der Waals surface area (Å²) in [7, 11) is 1.70. The molecule has 0 bridgehead atoms. The number of nitrogens with zero attached hydrogens (tertiary/aromatic N) is 2. The van der Waals surface area contributed by atoms with Crippen LogP contribution in [0.4, 0.5) is 5.69 Å². The molecule has 0 spiro atoms. The summed E-state index contributed by atoms with van der Waals surface area (Å²) in [6.45, 7) is 0. The molecule has 3 rings (SSSR count). The molecule has 0 aliphatic heterocycles. The second kappa shape index (κ2) is 7.31. The summed E-state index contributed by atoms with van der Waals surface area (Å²) >= 11 is 1.41. The average Bonchev–Trinajstić information content (AvgIpc) is 2.60. The van der Waals surface area contributed by atoms with Crippen LogP contribution in [0.2, 0.25) is 0 Å². The molecule has 0 saturated heterocycles. The third kappa shape index (κ3) is 3.65. The maximum atomic E-state index is 12.3. The molecule has 0 unspecified atom stereocenters. The molecule has 0 aliphatic rings. The van der Waals surface area contributed by atoms with Gasteiger partial charge in [-0.05, 0) is 24.3 Å². The molecule has 1 heterocycles. The van der Waals surface area contributed by atoms with Crippen molar-refractivity contribution in [1.29, 1.82) is 0 Å². The second-order valence-corrected chi connectivity index (χ2v) is 6.35. The highest BCUT2D eigenvalue weighted by Crippen LogP contribution is 2.18. The van der Waals surface area contributed by atoms with Gasteiger partial charge in [-0.3, -0.25) is 14.2 Å². The van der Waals surface area contributed by atoms with Crippen molar-refractivity contribution in [2.75, 3.05) is 11.1 Å². The van der Waals surface area contributed by atoms with E-state index in [1.807, 2.05) is 48.5 Å². The van der Waals surface area contributed by atoms with Crippen LogP contribution in [0.5, 0.6) is 0 Å². The number of nitrogens with one attached hydrogen (secondary N) is 1. The lowest BCUT2D eigenvalue weighted by Gasteiger charge is -2.09. The van der Waals surface area contributed by atoms with Crippen molar-refractivity contribution in [3.05, 3.63) is 65.0 Å². The minimum atomic E-state index is -0.0724. The average molecular weight is 339 g/mol. The Morgan fingerprint density at radius 2 is 1.83 bits per heavy atom. The second-order valence-electron chi connectivity index (χ2n) is 5.29. The Morgan fingerprint density at radius 3 is 2.62 bits per heavy atom. The predicted octanol–water partition coefficient (Wildman–Crippen LogP) is 3.05. The number of hydrogen-bond acceptors (Lipinski definition) is 4. The normalized spacial score (nSPS) is 10.7. The predicted molar refractivity (Wildman–Crippen MR) is 97.4 cm³/mol. The fourth-order valence-electron chi connectivity index (χ4n) is 2.31. The molecule has 24 heavy (non-hydrogen) atoms. The number of amides is 1. The molecular formula is C18H17N3O2S. The number of thioether (sulfide) groups is 1. The van der Waals surface area contributed by atoms with Gasteiger partial charge >= 0.3 is 0 Å². The Kier molecular flexibility index (Phi) is 4.96. The van der Waals surface area contributed by atoms with E-state index in [9.17, 15) is 9.59 Å². The van der Waals surface area contributed by atoms with Gasteiger partial charge in [-0.25, -0.2) is 4.98 Å². The summed E-state index contributed by atoms with van der Waals surface area (Å²) in [5, 5.41) is 4.06. The third-order valence-electron chi connectivity index (χ3n) is 3.56. The van der Waals surface area contributed by atoms with Crippen LogP contribution in [0, 0.1) is 0 Å². The van der Waals surface area contributed by atoms with Crippen molar-refractivity contribution in [1.82, 2.24) is 9.55 Å². The van der Waals surface area contributed by atoms with Crippen LogP contribution in [0.15, 0.2) is 64.5 Å². The number of carbonyl (C=O) groups is 1. The first-order valence-electron chi connectivity index (χ1n) is 7.58. The quantitative estimate of drug-likeness (QED) is 0.573. The van der Waals surface area contributed by atoms with E-state index in [4.69, 9.17) is 0 Å². The molecule has 1 amide bonds. The molecule has 0 fully saturated rings. The lowest BCUT2D eigenvalue weighted by atomic mass is 10.2. The number of carbonyl (C=O) groups excluding carboxylic acids is 1. The third-order valence-corrected chi connectivity index (χ3v) is 4.59. The molecular weight excluding hydrogens is 322 g/mol. The van der Waals surface area contributed by atoms with Crippen LogP contribution in [0.1, 0.15) is 6.42 Å². The van der Waals surface area contributed by atoms with Gasteiger partial charge in [0, 0.05) is 24.9 Å². The molecule has 1 aromatic heterocycles. The monoisotopic (exact) mass is 339 g/mol. The number of aromatic nitrogens is 2. The van der Waals surface area contributed by atoms with Gasteiger partial charge in [0.2, 0.25) is 5.91 Å². The fraction of sp³-hybridized carbons (Fsp3) is 0.167. The molecule has 122 valence electrons. The smallest absolute Gasteiger partial charge is 0.261 e. The van der Waals surface area contributed by atoms with Gasteiger partial charge in [0.15, 0.2) is 5.16 Å². The molecule has 6 heteroatoms. The van der Waals surface area contributed by atoms with E-state index in [0.717, 1.165) is 5.69 Å². The van der Waals surface area contributed by atoms with Crippen molar-refractivity contribution in [3.63, 3.8) is 0 Å². The maximum Gasteiger partial charge on any atom is 0.261 e. The van der Waals surface area contributed by atoms with Crippen molar-refractivity contribution in [2.45, 2.75) is 11.6 Å². The molecule has 0 saturated carbocycles. The summed E-state index contributed by atoms with van der Waals surface area (Å²) in [5.41, 5.74) is 1.39. The van der Waals surface area contributed by atoms with Gasteiger partial charge < -0.3 is 5.32 Å². The number of hydrogen-bond donors (Lipinski definition) is 1. The summed E-state index contributed by atoms with van der Waals surface area (Å²) in [5.74, 6) is 0.497. The minimum Gasteiger partial charge on any atom is -0.326 e. The van der Waals surface area contributed by atoms with E-state index in [2.05, 4.69) is 10.3 Å². The number of para-hydroxylation sites is 2. The van der Waals surface area contributed by atoms with Crippen LogP contribution in [0.25, 0.3) is 10.9 Å². The molecule has 0 radical (unpaired) electrons. The van der Waals surface area contributed by atoms with E-state index in [1.165, 1.54) is 16.3 Å². The zero-order valence-electron chi connectivity index (χ0n) is 13.2. The standard InChI is InChI=1S/C18H17N3O2S/c1-21-17(23)14-9-5-6-10-15(14)20-18(21)24-12-11-16(22)19-13-7-3-2-4-8-13/h2-10H,11-12H2,1H3,(H,19,22). The van der Waals surface area contributed by atoms with Crippen molar-refractivity contribution >= 4 is 34.3 Å². The van der Waals surface area contributed by atoms with Crippen LogP contribution < -0.4 is 10.9 Å². The molecule has 2 aromatic carbocycles. The van der Waals surface area contributed by atoms with Gasteiger partial charge in [-0.2, -0.15) is 0 Å². The topological polar surface area (TPSA) is 64.0 Å². The first kappa shape index (κ1) is 16.3. The highest BCUT2D eigenvalue weighted by Gasteiger charge is 2.09. The Balaban J connectivity index is 1.65. The van der Waals surface area contributed by atoms with Crippen molar-refractivity contribution < 1.29 is 4.79 Å². The van der Waals surface area contributed by atoms with Crippen LogP contribution in [0.3, 0.4) is 0 Å². The Morgan fingerprint density at radius 1 is 1.12 bits per heavy atom. The van der Waals surface area contributed by atoms with Crippen molar-refractivity contribution in [3.8, 4) is 0 Å². The van der Waals surface area contributed by atoms with Crippen LogP contribution in [-0.4, -0.2) is 21.2 Å². The number of fused-ring (bicyclic) bond motifs is 1. The van der Waals surface area contributed by atoms with Crippen LogP contribution in [-0.2, 0) is 11.8 Å². The van der Waals surface area contributed by atoms with Crippen LogP contribution >= 0.6 is 11.8 Å². The maximum absolute atomic E-state index is 12.3. The number of anilines is 1. The largest absolute Gasteiger partial charge is 0.326 e. The zero-order chi connectivity index (χ0) is 16.9. The van der Waals surface area contributed by atoms with E-state index in [0.29, 0.717) is 28.2 Å². The van der Waals surface area contributed by atoms with Gasteiger partial charge in [-0.1, -0.05) is 42.1 Å². The molecule has 0 atom stereocenters. The lowest BCUT2D eigenvalue weighted by Crippen LogP contribution is -2.20. The fourth-order valence-corrected chi connectivity index (χ4v) is 3.22. The summed E-state index contributed by atoms with van der Waals surface area (Å²) in [6.07, 6.45) is 0.349. The first-order chi connectivity index (χ1) is 11.6.